The van der Waals surface area contributed by atoms with Gasteiger partial charge in [-0.3, -0.25) is 0 Å². The Morgan fingerprint density at radius 1 is 0.885 bits per heavy atom. The predicted octanol–water partition coefficient (Wildman–Crippen LogP) is 3.92. The summed E-state index contributed by atoms with van der Waals surface area (Å²) in [6.45, 7) is 2.04. The van der Waals surface area contributed by atoms with E-state index in [4.69, 9.17) is 0 Å². The molecule has 6 heteroatoms. The van der Waals surface area contributed by atoms with E-state index in [1.807, 2.05) is 61.5 Å². The van der Waals surface area contributed by atoms with Gasteiger partial charge in [-0.15, -0.1) is 4.91 Å². The van der Waals surface area contributed by atoms with Crippen LogP contribution in [0.15, 0.2) is 84.0 Å². The molecule has 0 bridgehead atoms. The topological polar surface area (TPSA) is 64.0 Å². The maximum absolute atomic E-state index is 10.7. The van der Waals surface area contributed by atoms with Gasteiger partial charge in [0.2, 0.25) is 0 Å². The van der Waals surface area contributed by atoms with Crippen molar-refractivity contribution in [3.63, 3.8) is 0 Å². The van der Waals surface area contributed by atoms with E-state index in [0.29, 0.717) is 11.5 Å². The summed E-state index contributed by atoms with van der Waals surface area (Å²) in [7, 11) is 0. The molecule has 0 saturated carbocycles. The first-order valence-electron chi connectivity index (χ1n) is 8.20. The number of aryl methyl sites for hydroxylation is 1. The van der Waals surface area contributed by atoms with Crippen molar-refractivity contribution in [2.45, 2.75) is 6.92 Å². The molecule has 0 aliphatic heterocycles. The Labute approximate surface area is 150 Å². The lowest BCUT2D eigenvalue weighted by Crippen LogP contribution is -2.43. The minimum Gasteiger partial charge on any atom is -0.145 e. The van der Waals surface area contributed by atoms with Crippen molar-refractivity contribution in [2.24, 2.45) is 5.18 Å². The SMILES string of the molecule is Cc1ccc(-[n+]2nc(-c3ccccc3)nn2-c2ccc(N=O)cc2)cc1. The van der Waals surface area contributed by atoms with Crippen molar-refractivity contribution in [2.75, 3.05) is 0 Å². The van der Waals surface area contributed by atoms with Crippen molar-refractivity contribution in [3.8, 4) is 22.8 Å². The molecule has 0 atom stereocenters. The summed E-state index contributed by atoms with van der Waals surface area (Å²) in [4.78, 5) is 14.1. The Kier molecular flexibility index (Phi) is 4.07. The van der Waals surface area contributed by atoms with Crippen molar-refractivity contribution in [1.29, 1.82) is 0 Å². The van der Waals surface area contributed by atoms with Crippen molar-refractivity contribution >= 4 is 5.69 Å². The number of hydrogen-bond donors (Lipinski definition) is 0. The van der Waals surface area contributed by atoms with Crippen molar-refractivity contribution < 1.29 is 4.80 Å². The largest absolute Gasteiger partial charge is 0.340 e. The number of benzene rings is 3. The summed E-state index contributed by atoms with van der Waals surface area (Å²) in [6, 6.07) is 24.8. The Balaban J connectivity index is 1.88. The third kappa shape index (κ3) is 3.00. The summed E-state index contributed by atoms with van der Waals surface area (Å²) in [6.07, 6.45) is 0. The average Bonchev–Trinajstić information content (AvgIpc) is 3.15. The molecule has 0 saturated heterocycles. The monoisotopic (exact) mass is 342 g/mol. The van der Waals surface area contributed by atoms with Crippen LogP contribution in [-0.4, -0.2) is 15.0 Å². The van der Waals surface area contributed by atoms with Crippen LogP contribution in [0, 0.1) is 11.8 Å². The number of nitroso groups, excluding NO2 is 1. The summed E-state index contributed by atoms with van der Waals surface area (Å²) in [5, 5.41) is 12.3. The Bertz CT molecular complexity index is 1040. The zero-order chi connectivity index (χ0) is 17.9. The van der Waals surface area contributed by atoms with E-state index >= 15 is 0 Å². The minimum absolute atomic E-state index is 0.374. The van der Waals surface area contributed by atoms with Gasteiger partial charge in [0.25, 0.3) is 0 Å². The first-order valence-corrected chi connectivity index (χ1v) is 8.20. The fourth-order valence-corrected chi connectivity index (χ4v) is 2.65. The Morgan fingerprint density at radius 3 is 2.23 bits per heavy atom. The second kappa shape index (κ2) is 6.68. The van der Waals surface area contributed by atoms with Gasteiger partial charge in [-0.05, 0) is 70.5 Å². The van der Waals surface area contributed by atoms with Gasteiger partial charge in [-0.25, -0.2) is 0 Å². The number of nitrogens with zero attached hydrogens (tertiary/aromatic N) is 5. The van der Waals surface area contributed by atoms with Crippen molar-refractivity contribution in [1.82, 2.24) is 15.0 Å². The van der Waals surface area contributed by atoms with Crippen LogP contribution in [0.2, 0.25) is 0 Å². The summed E-state index contributed by atoms with van der Waals surface area (Å²) in [5.74, 6) is 0.615. The molecule has 0 unspecified atom stereocenters. The van der Waals surface area contributed by atoms with Crippen LogP contribution in [0.4, 0.5) is 5.69 Å². The molecule has 0 N–H and O–H groups in total. The van der Waals surface area contributed by atoms with E-state index in [-0.39, 0.29) is 0 Å². The number of tetrazole rings is 1. The van der Waals surface area contributed by atoms with E-state index in [0.717, 1.165) is 16.9 Å². The van der Waals surface area contributed by atoms with Gasteiger partial charge in [0.05, 0.1) is 10.7 Å². The second-order valence-electron chi connectivity index (χ2n) is 5.91. The number of rotatable bonds is 4. The third-order valence-electron chi connectivity index (χ3n) is 4.04. The third-order valence-corrected chi connectivity index (χ3v) is 4.04. The smallest absolute Gasteiger partial charge is 0.145 e. The van der Waals surface area contributed by atoms with E-state index in [1.165, 1.54) is 5.56 Å². The van der Waals surface area contributed by atoms with Crippen LogP contribution < -0.4 is 4.80 Å². The first kappa shape index (κ1) is 15.8. The van der Waals surface area contributed by atoms with Crippen LogP contribution in [0.3, 0.4) is 0 Å². The van der Waals surface area contributed by atoms with Gasteiger partial charge in [0.1, 0.15) is 11.4 Å². The number of aromatic nitrogens is 4. The molecule has 3 aromatic carbocycles. The molecule has 1 heterocycles. The molecule has 1 aromatic heterocycles. The van der Waals surface area contributed by atoms with Gasteiger partial charge in [0, 0.05) is 4.80 Å². The molecule has 0 aliphatic rings. The molecule has 126 valence electrons. The molecule has 26 heavy (non-hydrogen) atoms. The fourth-order valence-electron chi connectivity index (χ4n) is 2.65. The molecular weight excluding hydrogens is 326 g/mol. The van der Waals surface area contributed by atoms with Crippen LogP contribution >= 0.6 is 0 Å². The van der Waals surface area contributed by atoms with Crippen molar-refractivity contribution in [3.05, 3.63) is 89.3 Å². The highest BCUT2D eigenvalue weighted by molar-refractivity contribution is 5.53. The van der Waals surface area contributed by atoms with Gasteiger partial charge in [-0.2, -0.15) is 0 Å². The Morgan fingerprint density at radius 2 is 1.58 bits per heavy atom. The molecule has 4 aromatic rings. The highest BCUT2D eigenvalue weighted by Gasteiger charge is 2.23. The van der Waals surface area contributed by atoms with Gasteiger partial charge >= 0.3 is 5.82 Å². The predicted molar refractivity (Wildman–Crippen MR) is 98.5 cm³/mol. The van der Waals surface area contributed by atoms with Crippen LogP contribution in [-0.2, 0) is 0 Å². The highest BCUT2D eigenvalue weighted by Crippen LogP contribution is 2.17. The molecule has 0 radical (unpaired) electrons. The fraction of sp³-hybridized carbons (Fsp3) is 0.0500. The zero-order valence-corrected chi connectivity index (χ0v) is 14.1. The standard InChI is InChI=1S/C20H16N5O/c1-15-7-11-18(12-8-15)24-21-20(16-5-3-2-4-6-16)22-25(24)19-13-9-17(23-26)10-14-19/h2-14H,1H3/q+1. The first-order chi connectivity index (χ1) is 12.7. The normalized spacial score (nSPS) is 10.7. The van der Waals surface area contributed by atoms with Crippen LogP contribution in [0.1, 0.15) is 5.56 Å². The summed E-state index contributed by atoms with van der Waals surface area (Å²) < 4.78 is 0. The van der Waals surface area contributed by atoms with Crippen LogP contribution in [0.5, 0.6) is 0 Å². The van der Waals surface area contributed by atoms with E-state index in [2.05, 4.69) is 15.4 Å². The van der Waals surface area contributed by atoms with E-state index in [1.54, 1.807) is 33.9 Å². The maximum Gasteiger partial charge on any atom is 0.340 e. The number of hydrogen-bond acceptors (Lipinski definition) is 4. The maximum atomic E-state index is 10.7. The Hall–Kier alpha value is -3.67. The van der Waals surface area contributed by atoms with Gasteiger partial charge < -0.3 is 0 Å². The van der Waals surface area contributed by atoms with Crippen LogP contribution in [0.25, 0.3) is 22.8 Å². The molecule has 0 aliphatic carbocycles. The molecular formula is C20H16N5O+. The molecule has 4 rings (SSSR count). The molecule has 6 nitrogen and oxygen atoms in total. The summed E-state index contributed by atoms with van der Waals surface area (Å²) in [5.41, 5.74) is 4.15. The average molecular weight is 342 g/mol. The highest BCUT2D eigenvalue weighted by atomic mass is 16.3. The van der Waals surface area contributed by atoms with E-state index in [9.17, 15) is 4.91 Å². The quantitative estimate of drug-likeness (QED) is 0.417. The second-order valence-corrected chi connectivity index (χ2v) is 5.91. The molecule has 0 amide bonds. The lowest BCUT2D eigenvalue weighted by atomic mass is 10.2. The van der Waals surface area contributed by atoms with Gasteiger partial charge in [0.15, 0.2) is 5.69 Å². The zero-order valence-electron chi connectivity index (χ0n) is 14.1. The molecule has 0 fully saturated rings. The lowest BCUT2D eigenvalue weighted by Gasteiger charge is -2.00. The van der Waals surface area contributed by atoms with Gasteiger partial charge in [-0.1, -0.05) is 35.9 Å². The minimum atomic E-state index is 0.374. The lowest BCUT2D eigenvalue weighted by molar-refractivity contribution is -0.734. The summed E-state index contributed by atoms with van der Waals surface area (Å²) >= 11 is 0. The van der Waals surface area contributed by atoms with E-state index < -0.39 is 0 Å². The molecule has 0 spiro atoms.